The van der Waals surface area contributed by atoms with Crippen LogP contribution in [0.5, 0.6) is 0 Å². The molecule has 16 heavy (non-hydrogen) atoms. The maximum atomic E-state index is 10.5. The number of nitro groups is 1. The Morgan fingerprint density at radius 2 is 2.38 bits per heavy atom. The van der Waals surface area contributed by atoms with Crippen LogP contribution in [0, 0.1) is 10.1 Å². The van der Waals surface area contributed by atoms with Crippen molar-refractivity contribution >= 4 is 16.3 Å². The van der Waals surface area contributed by atoms with Gasteiger partial charge in [0.15, 0.2) is 0 Å². The summed E-state index contributed by atoms with van der Waals surface area (Å²) in [5.41, 5.74) is 0. The lowest BCUT2D eigenvalue weighted by Gasteiger charge is -2.00. The first-order valence-corrected chi connectivity index (χ1v) is 5.67. The van der Waals surface area contributed by atoms with Crippen LogP contribution in [-0.4, -0.2) is 19.5 Å². The molecule has 0 aliphatic heterocycles. The molecule has 0 aliphatic rings. The van der Waals surface area contributed by atoms with E-state index in [4.69, 9.17) is 0 Å². The predicted molar refractivity (Wildman–Crippen MR) is 59.9 cm³/mol. The van der Waals surface area contributed by atoms with E-state index in [9.17, 15) is 10.1 Å². The molecular weight excluding hydrogens is 228 g/mol. The number of aromatic nitrogens is 3. The number of thiazole rings is 1. The van der Waals surface area contributed by atoms with E-state index in [1.165, 1.54) is 6.20 Å². The first kappa shape index (κ1) is 10.7. The molecule has 84 valence electrons. The lowest BCUT2D eigenvalue weighted by Crippen LogP contribution is -1.99. The minimum atomic E-state index is -0.433. The van der Waals surface area contributed by atoms with Gasteiger partial charge in [0.05, 0.1) is 4.92 Å². The fourth-order valence-corrected chi connectivity index (χ4v) is 2.11. The van der Waals surface area contributed by atoms with Crippen LogP contribution in [0.4, 0.5) is 5.00 Å². The van der Waals surface area contributed by atoms with Gasteiger partial charge >= 0.3 is 5.00 Å². The normalized spacial score (nSPS) is 10.6. The van der Waals surface area contributed by atoms with Gasteiger partial charge in [-0.25, -0.2) is 9.97 Å². The van der Waals surface area contributed by atoms with Gasteiger partial charge in [-0.3, -0.25) is 14.7 Å². The van der Waals surface area contributed by atoms with Crippen LogP contribution in [-0.2, 0) is 6.42 Å². The molecule has 0 aromatic carbocycles. The smallest absolute Gasteiger partial charge is 0.279 e. The van der Waals surface area contributed by atoms with Gasteiger partial charge < -0.3 is 0 Å². The van der Waals surface area contributed by atoms with Crippen molar-refractivity contribution in [1.29, 1.82) is 0 Å². The van der Waals surface area contributed by atoms with Gasteiger partial charge in [0.2, 0.25) is 5.13 Å². The summed E-state index contributed by atoms with van der Waals surface area (Å²) in [6.45, 7) is 2.06. The van der Waals surface area contributed by atoms with Crippen LogP contribution in [0.15, 0.2) is 18.6 Å². The molecule has 0 unspecified atom stereocenters. The summed E-state index contributed by atoms with van der Waals surface area (Å²) in [6.07, 6.45) is 6.53. The quantitative estimate of drug-likeness (QED) is 0.604. The second-order valence-electron chi connectivity index (χ2n) is 3.20. The van der Waals surface area contributed by atoms with Crippen molar-refractivity contribution in [3.05, 3.63) is 34.5 Å². The third-order valence-corrected chi connectivity index (χ3v) is 3.01. The molecule has 2 aromatic rings. The van der Waals surface area contributed by atoms with Crippen molar-refractivity contribution < 1.29 is 4.92 Å². The van der Waals surface area contributed by atoms with E-state index >= 15 is 0 Å². The van der Waals surface area contributed by atoms with Gasteiger partial charge in [-0.15, -0.1) is 0 Å². The number of hydrogen-bond donors (Lipinski definition) is 0. The van der Waals surface area contributed by atoms with E-state index in [1.807, 2.05) is 0 Å². The fraction of sp³-hybridized carbons (Fsp3) is 0.333. The van der Waals surface area contributed by atoms with E-state index in [0.29, 0.717) is 5.13 Å². The number of imidazole rings is 1. The molecule has 0 bridgehead atoms. The minimum absolute atomic E-state index is 0.0474. The zero-order chi connectivity index (χ0) is 11.5. The van der Waals surface area contributed by atoms with E-state index < -0.39 is 4.92 Å². The van der Waals surface area contributed by atoms with Crippen molar-refractivity contribution in [2.75, 3.05) is 0 Å². The molecule has 0 aliphatic carbocycles. The van der Waals surface area contributed by atoms with E-state index in [0.717, 1.165) is 30.0 Å². The van der Waals surface area contributed by atoms with Crippen molar-refractivity contribution in [3.8, 4) is 5.13 Å². The molecule has 6 nitrogen and oxygen atoms in total. The van der Waals surface area contributed by atoms with Gasteiger partial charge in [-0.2, -0.15) is 0 Å². The molecule has 2 aromatic heterocycles. The minimum Gasteiger partial charge on any atom is -0.279 e. The summed E-state index contributed by atoms with van der Waals surface area (Å²) in [7, 11) is 0. The molecular formula is C9H10N4O2S. The maximum absolute atomic E-state index is 10.5. The van der Waals surface area contributed by atoms with Crippen LogP contribution in [0.3, 0.4) is 0 Å². The summed E-state index contributed by atoms with van der Waals surface area (Å²) in [5.74, 6) is 0.881. The second-order valence-corrected chi connectivity index (χ2v) is 4.19. The highest BCUT2D eigenvalue weighted by Gasteiger charge is 2.14. The fourth-order valence-electron chi connectivity index (χ4n) is 1.37. The highest BCUT2D eigenvalue weighted by Crippen LogP contribution is 2.24. The Hall–Kier alpha value is -1.76. The Labute approximate surface area is 95.7 Å². The average molecular weight is 238 g/mol. The summed E-state index contributed by atoms with van der Waals surface area (Å²) < 4.78 is 1.79. The summed E-state index contributed by atoms with van der Waals surface area (Å²) >= 11 is 1.05. The van der Waals surface area contributed by atoms with Crippen LogP contribution in [0.25, 0.3) is 5.13 Å². The SMILES string of the molecule is CCCc1nccn1-c1ncc([N+](=O)[O-])s1. The molecule has 2 rings (SSSR count). The molecule has 0 radical (unpaired) electrons. The largest absolute Gasteiger partial charge is 0.345 e. The predicted octanol–water partition coefficient (Wildman–Crippen LogP) is 2.19. The zero-order valence-corrected chi connectivity index (χ0v) is 9.48. The lowest BCUT2D eigenvalue weighted by atomic mass is 10.3. The zero-order valence-electron chi connectivity index (χ0n) is 8.66. The first-order valence-electron chi connectivity index (χ1n) is 4.85. The Balaban J connectivity index is 2.34. The number of rotatable bonds is 4. The van der Waals surface area contributed by atoms with Crippen molar-refractivity contribution in [2.45, 2.75) is 19.8 Å². The molecule has 0 spiro atoms. The highest BCUT2D eigenvalue weighted by atomic mass is 32.1. The van der Waals surface area contributed by atoms with Gasteiger partial charge in [-0.05, 0) is 17.8 Å². The first-order chi connectivity index (χ1) is 7.72. The van der Waals surface area contributed by atoms with Crippen LogP contribution < -0.4 is 0 Å². The summed E-state index contributed by atoms with van der Waals surface area (Å²) in [6, 6.07) is 0. The topological polar surface area (TPSA) is 73.8 Å². The molecule has 0 amide bonds. The summed E-state index contributed by atoms with van der Waals surface area (Å²) in [4.78, 5) is 18.3. The van der Waals surface area contributed by atoms with Gasteiger partial charge in [0.25, 0.3) is 0 Å². The molecule has 0 atom stereocenters. The Morgan fingerprint density at radius 1 is 1.56 bits per heavy atom. The number of aryl methyl sites for hydroxylation is 1. The standard InChI is InChI=1S/C9H10N4O2S/c1-2-3-7-10-4-5-12(7)9-11-6-8(16-9)13(14)15/h4-6H,2-3H2,1H3. The van der Waals surface area contributed by atoms with Gasteiger partial charge in [0, 0.05) is 18.8 Å². The Morgan fingerprint density at radius 3 is 3.00 bits per heavy atom. The molecule has 2 heterocycles. The second kappa shape index (κ2) is 4.40. The van der Waals surface area contributed by atoms with Crippen molar-refractivity contribution in [2.24, 2.45) is 0 Å². The monoisotopic (exact) mass is 238 g/mol. The Bertz CT molecular complexity index is 505. The van der Waals surface area contributed by atoms with Crippen LogP contribution in [0.2, 0.25) is 0 Å². The van der Waals surface area contributed by atoms with E-state index in [-0.39, 0.29) is 5.00 Å². The van der Waals surface area contributed by atoms with Crippen LogP contribution >= 0.6 is 11.3 Å². The molecule has 0 fully saturated rings. The molecule has 7 heteroatoms. The average Bonchev–Trinajstić information content (AvgIpc) is 2.84. The third kappa shape index (κ3) is 1.94. The van der Waals surface area contributed by atoms with E-state index in [1.54, 1.807) is 17.0 Å². The Kier molecular flexibility index (Phi) is 2.95. The maximum Gasteiger partial charge on any atom is 0.345 e. The van der Waals surface area contributed by atoms with Gasteiger partial charge in [-0.1, -0.05) is 6.92 Å². The summed E-state index contributed by atoms with van der Waals surface area (Å²) in [5, 5.41) is 11.2. The third-order valence-electron chi connectivity index (χ3n) is 2.06. The van der Waals surface area contributed by atoms with Crippen LogP contribution in [0.1, 0.15) is 19.2 Å². The number of hydrogen-bond acceptors (Lipinski definition) is 5. The van der Waals surface area contributed by atoms with Gasteiger partial charge in [0.1, 0.15) is 12.0 Å². The van der Waals surface area contributed by atoms with Crippen molar-refractivity contribution in [1.82, 2.24) is 14.5 Å². The molecule has 0 saturated heterocycles. The highest BCUT2D eigenvalue weighted by molar-refractivity contribution is 7.17. The van der Waals surface area contributed by atoms with E-state index in [2.05, 4.69) is 16.9 Å². The number of nitrogens with zero attached hydrogens (tertiary/aromatic N) is 4. The molecule has 0 N–H and O–H groups in total. The van der Waals surface area contributed by atoms with Crippen molar-refractivity contribution in [3.63, 3.8) is 0 Å². The lowest BCUT2D eigenvalue weighted by molar-refractivity contribution is -0.380. The molecule has 0 saturated carbocycles.